The van der Waals surface area contributed by atoms with Gasteiger partial charge in [0.2, 0.25) is 0 Å². The van der Waals surface area contributed by atoms with Gasteiger partial charge in [0.25, 0.3) is 11.4 Å². The quantitative estimate of drug-likeness (QED) is 0.159. The first-order valence-corrected chi connectivity index (χ1v) is 5.69. The van der Waals surface area contributed by atoms with E-state index < -0.39 is 30.6 Å². The van der Waals surface area contributed by atoms with Crippen molar-refractivity contribution in [1.29, 1.82) is 0 Å². The SMILES string of the molecule is O=S(O)O.O=S(O)S(=O)(=O)O.[H-].[Na+]. The molecule has 0 fully saturated rings. The van der Waals surface area contributed by atoms with Crippen LogP contribution in [-0.2, 0) is 30.6 Å². The van der Waals surface area contributed by atoms with Crippen LogP contribution in [0.5, 0.6) is 0 Å². The summed E-state index contributed by atoms with van der Waals surface area (Å²) in [5.74, 6) is 0. The van der Waals surface area contributed by atoms with E-state index in [1.165, 1.54) is 0 Å². The fourth-order valence-electron chi connectivity index (χ4n) is 0. The van der Waals surface area contributed by atoms with E-state index in [0.29, 0.717) is 0 Å². The van der Waals surface area contributed by atoms with Crippen LogP contribution in [0.2, 0.25) is 0 Å². The molecule has 0 aliphatic rings. The molecule has 0 aromatic heterocycles. The van der Waals surface area contributed by atoms with Gasteiger partial charge in [0.1, 0.15) is 0 Å². The van der Waals surface area contributed by atoms with Crippen molar-refractivity contribution in [1.82, 2.24) is 0 Å². The summed E-state index contributed by atoms with van der Waals surface area (Å²) in [5.41, 5.74) is 0. The third-order valence-corrected chi connectivity index (χ3v) is 1.62. The smallest absolute Gasteiger partial charge is 1.00 e. The van der Waals surface area contributed by atoms with Crippen LogP contribution in [0.25, 0.3) is 0 Å². The second-order valence-electron chi connectivity index (χ2n) is 0.876. The summed E-state index contributed by atoms with van der Waals surface area (Å²) < 4.78 is 65.8. The summed E-state index contributed by atoms with van der Waals surface area (Å²) in [6, 6.07) is 0. The van der Waals surface area contributed by atoms with Crippen LogP contribution in [0.15, 0.2) is 0 Å². The zero-order chi connectivity index (χ0) is 9.65. The maximum absolute atomic E-state index is 9.34. The predicted octanol–water partition coefficient (Wildman–Crippen LogP) is -4.19. The molecule has 1 unspecified atom stereocenters. The summed E-state index contributed by atoms with van der Waals surface area (Å²) in [4.78, 5) is 0. The minimum Gasteiger partial charge on any atom is -1.00 e. The molecule has 0 aliphatic carbocycles. The average Bonchev–Trinajstić information content (AvgIpc) is 1.59. The van der Waals surface area contributed by atoms with Crippen LogP contribution >= 0.6 is 0 Å². The van der Waals surface area contributed by atoms with Crippen LogP contribution < -0.4 is 29.6 Å². The molecule has 0 spiro atoms. The summed E-state index contributed by atoms with van der Waals surface area (Å²) >= 11 is -2.61. The van der Waals surface area contributed by atoms with Crippen LogP contribution in [0.3, 0.4) is 0 Å². The summed E-state index contributed by atoms with van der Waals surface area (Å²) in [6.07, 6.45) is 0. The molecule has 0 aromatic rings. The Morgan fingerprint density at radius 3 is 1.17 bits per heavy atom. The fourth-order valence-corrected chi connectivity index (χ4v) is 0. The molecule has 0 amide bonds. The van der Waals surface area contributed by atoms with E-state index >= 15 is 0 Å². The molecular weight excluding hydrogens is 247 g/mol. The molecule has 1 atom stereocenters. The van der Waals surface area contributed by atoms with Crippen LogP contribution in [-0.4, -0.2) is 35.0 Å². The van der Waals surface area contributed by atoms with Crippen LogP contribution in [0.4, 0.5) is 0 Å². The Labute approximate surface area is 96.1 Å². The first-order chi connectivity index (χ1) is 4.68. The van der Waals surface area contributed by atoms with E-state index in [9.17, 15) is 12.6 Å². The Hall–Kier alpha value is 1.09. The van der Waals surface area contributed by atoms with E-state index in [4.69, 9.17) is 22.4 Å². The Kier molecular flexibility index (Phi) is 13.6. The monoisotopic (exact) mass is 252 g/mol. The molecule has 12 heavy (non-hydrogen) atoms. The van der Waals surface area contributed by atoms with Gasteiger partial charge in [0.15, 0.2) is 0 Å². The fraction of sp³-hybridized carbons (Fsp3) is 0. The molecule has 4 N–H and O–H groups in total. The molecule has 0 saturated carbocycles. The third kappa shape index (κ3) is 22.5. The molecule has 0 radical (unpaired) electrons. The maximum Gasteiger partial charge on any atom is 1.00 e. The summed E-state index contributed by atoms with van der Waals surface area (Å²) in [7, 11) is -7.87. The Bertz CT molecular complexity index is 238. The van der Waals surface area contributed by atoms with Gasteiger partial charge in [0, 0.05) is 0 Å². The van der Waals surface area contributed by atoms with Crippen molar-refractivity contribution >= 4 is 30.6 Å². The van der Waals surface area contributed by atoms with Crippen molar-refractivity contribution in [3.8, 4) is 0 Å². The minimum absolute atomic E-state index is 0. The maximum atomic E-state index is 9.34. The van der Waals surface area contributed by atoms with Crippen molar-refractivity contribution in [2.24, 2.45) is 0 Å². The molecule has 0 heterocycles. The molecule has 0 aliphatic heterocycles. The molecule has 0 bridgehead atoms. The zero-order valence-electron chi connectivity index (χ0n) is 6.65. The van der Waals surface area contributed by atoms with Crippen LogP contribution in [0, 0.1) is 0 Å². The van der Waals surface area contributed by atoms with Crippen molar-refractivity contribution in [3.05, 3.63) is 0 Å². The Balaban J connectivity index is -0.0000000600. The van der Waals surface area contributed by atoms with Gasteiger partial charge in [-0.15, -0.1) is 0 Å². The number of rotatable bonds is 1. The topological polar surface area (TPSA) is 149 Å². The summed E-state index contributed by atoms with van der Waals surface area (Å²) in [5, 5.41) is 0. The predicted molar refractivity (Wildman–Crippen MR) is 36.8 cm³/mol. The van der Waals surface area contributed by atoms with E-state index in [1.54, 1.807) is 0 Å². The van der Waals surface area contributed by atoms with Gasteiger partial charge in [0.05, 0.1) is 0 Å². The first-order valence-electron chi connectivity index (χ1n) is 1.56. The van der Waals surface area contributed by atoms with Crippen molar-refractivity contribution in [2.75, 3.05) is 0 Å². The third-order valence-electron chi connectivity index (χ3n) is 0.180. The standard InChI is InChI=1S/Na.H2O5S2.H2O3S.H/c;1-6(2)7(3,4)5;1-4(2)3;/h;(H,1,2)(H,3,4,5);(H2,1,2,3);/q+1;;;-1. The molecule has 0 rings (SSSR count). The van der Waals surface area contributed by atoms with Crippen molar-refractivity contribution in [2.45, 2.75) is 0 Å². The molecule has 72 valence electrons. The van der Waals surface area contributed by atoms with Crippen molar-refractivity contribution < 1.29 is 66.0 Å². The van der Waals surface area contributed by atoms with E-state index in [-0.39, 0.29) is 31.0 Å². The minimum atomic E-state index is -4.71. The summed E-state index contributed by atoms with van der Waals surface area (Å²) in [6.45, 7) is 0. The van der Waals surface area contributed by atoms with Gasteiger partial charge in [-0.1, -0.05) is 0 Å². The second kappa shape index (κ2) is 8.68. The molecule has 12 heteroatoms. The Morgan fingerprint density at radius 1 is 1.08 bits per heavy atom. The molecule has 0 saturated heterocycles. The number of hydrogen-bond donors (Lipinski definition) is 4. The first kappa shape index (κ1) is 18.8. The van der Waals surface area contributed by atoms with Crippen LogP contribution in [0.1, 0.15) is 1.43 Å². The van der Waals surface area contributed by atoms with E-state index in [1.807, 2.05) is 0 Å². The molecular formula is H5NaO8S3. The van der Waals surface area contributed by atoms with Gasteiger partial charge in [-0.2, -0.15) is 12.6 Å². The Morgan fingerprint density at radius 2 is 1.17 bits per heavy atom. The van der Waals surface area contributed by atoms with Gasteiger partial charge in [-0.3, -0.25) is 18.2 Å². The van der Waals surface area contributed by atoms with Gasteiger partial charge < -0.3 is 1.43 Å². The largest absolute Gasteiger partial charge is 1.00 e. The zero-order valence-corrected chi connectivity index (χ0v) is 10.1. The van der Waals surface area contributed by atoms with Gasteiger partial charge in [-0.25, -0.2) is 4.21 Å². The second-order valence-corrected chi connectivity index (χ2v) is 4.75. The molecule has 8 nitrogen and oxygen atoms in total. The van der Waals surface area contributed by atoms with Crippen molar-refractivity contribution in [3.63, 3.8) is 0 Å². The average molecular weight is 252 g/mol. The number of hydrogen-bond acceptors (Lipinski definition) is 4. The van der Waals surface area contributed by atoms with E-state index in [2.05, 4.69) is 0 Å². The van der Waals surface area contributed by atoms with Gasteiger partial charge >= 0.3 is 48.8 Å². The van der Waals surface area contributed by atoms with E-state index in [0.717, 1.165) is 0 Å². The molecule has 0 aromatic carbocycles. The normalized spacial score (nSPS) is 12.4. The van der Waals surface area contributed by atoms with Gasteiger partial charge in [-0.05, 0) is 0 Å².